The first kappa shape index (κ1) is 18.9. The predicted octanol–water partition coefficient (Wildman–Crippen LogP) is 3.24. The van der Waals surface area contributed by atoms with Gasteiger partial charge in [-0.3, -0.25) is 14.7 Å². The standard InChI is InChI=1S/C24H26N4O2/c1-17-5-7-19-20(25-17)3-2-4-22(19)28-13-11-27(12-14-28)10-9-18-6-8-21-23(15-18)30-16-24(29)26-21/h2-8,15H,9-14,16H2,1H3,(H,26,29). The fourth-order valence-corrected chi connectivity index (χ4v) is 4.29. The zero-order valence-corrected chi connectivity index (χ0v) is 17.2. The van der Waals surface area contributed by atoms with E-state index in [4.69, 9.17) is 4.74 Å². The van der Waals surface area contributed by atoms with E-state index in [-0.39, 0.29) is 12.5 Å². The molecular weight excluding hydrogens is 376 g/mol. The van der Waals surface area contributed by atoms with Crippen LogP contribution in [-0.4, -0.2) is 55.1 Å². The molecule has 0 aliphatic carbocycles. The number of fused-ring (bicyclic) bond motifs is 2. The smallest absolute Gasteiger partial charge is 0.262 e. The number of amides is 1. The van der Waals surface area contributed by atoms with Gasteiger partial charge in [-0.05, 0) is 55.3 Å². The van der Waals surface area contributed by atoms with Gasteiger partial charge in [0.25, 0.3) is 5.91 Å². The van der Waals surface area contributed by atoms with E-state index < -0.39 is 0 Å². The molecule has 2 aromatic carbocycles. The van der Waals surface area contributed by atoms with Crippen LogP contribution in [0.1, 0.15) is 11.3 Å². The molecule has 0 radical (unpaired) electrons. The molecule has 2 aliphatic rings. The lowest BCUT2D eigenvalue weighted by Gasteiger charge is -2.36. The summed E-state index contributed by atoms with van der Waals surface area (Å²) in [5.74, 6) is 0.682. The fourth-order valence-electron chi connectivity index (χ4n) is 4.29. The Bertz CT molecular complexity index is 1090. The molecule has 1 amide bonds. The summed E-state index contributed by atoms with van der Waals surface area (Å²) < 4.78 is 5.54. The Morgan fingerprint density at radius 3 is 2.80 bits per heavy atom. The van der Waals surface area contributed by atoms with Crippen molar-refractivity contribution in [2.75, 3.05) is 49.5 Å². The molecule has 6 nitrogen and oxygen atoms in total. The molecule has 5 rings (SSSR count). The fraction of sp³-hybridized carbons (Fsp3) is 0.333. The predicted molar refractivity (Wildman–Crippen MR) is 119 cm³/mol. The van der Waals surface area contributed by atoms with Crippen LogP contribution in [0.25, 0.3) is 10.9 Å². The van der Waals surface area contributed by atoms with E-state index in [0.29, 0.717) is 0 Å². The second-order valence-electron chi connectivity index (χ2n) is 8.04. The van der Waals surface area contributed by atoms with Crippen molar-refractivity contribution in [1.82, 2.24) is 9.88 Å². The van der Waals surface area contributed by atoms with Crippen molar-refractivity contribution in [2.24, 2.45) is 0 Å². The van der Waals surface area contributed by atoms with Crippen LogP contribution in [-0.2, 0) is 11.2 Å². The lowest BCUT2D eigenvalue weighted by atomic mass is 10.1. The molecule has 3 aromatic rings. The molecule has 0 atom stereocenters. The van der Waals surface area contributed by atoms with Crippen LogP contribution in [0.15, 0.2) is 48.5 Å². The highest BCUT2D eigenvalue weighted by Crippen LogP contribution is 2.29. The third-order valence-electron chi connectivity index (χ3n) is 5.96. The number of carbonyl (C=O) groups is 1. The number of piperazine rings is 1. The molecule has 3 heterocycles. The summed E-state index contributed by atoms with van der Waals surface area (Å²) in [6, 6.07) is 16.8. The third-order valence-corrected chi connectivity index (χ3v) is 5.96. The van der Waals surface area contributed by atoms with Crippen molar-refractivity contribution in [3.63, 3.8) is 0 Å². The number of pyridine rings is 1. The van der Waals surface area contributed by atoms with E-state index in [1.54, 1.807) is 0 Å². The minimum Gasteiger partial charge on any atom is -0.482 e. The minimum atomic E-state index is -0.0924. The summed E-state index contributed by atoms with van der Waals surface area (Å²) in [6.45, 7) is 7.30. The summed E-state index contributed by atoms with van der Waals surface area (Å²) in [6.07, 6.45) is 0.974. The zero-order chi connectivity index (χ0) is 20.5. The number of ether oxygens (including phenoxy) is 1. The van der Waals surface area contributed by atoms with Crippen molar-refractivity contribution in [3.8, 4) is 5.75 Å². The van der Waals surface area contributed by atoms with Crippen molar-refractivity contribution < 1.29 is 9.53 Å². The first-order valence-corrected chi connectivity index (χ1v) is 10.5. The van der Waals surface area contributed by atoms with Crippen LogP contribution in [0.2, 0.25) is 0 Å². The minimum absolute atomic E-state index is 0.0924. The van der Waals surface area contributed by atoms with Gasteiger partial charge in [0.05, 0.1) is 11.2 Å². The SMILES string of the molecule is Cc1ccc2c(N3CCN(CCc4ccc5c(c4)OCC(=O)N5)CC3)cccc2n1. The Balaban J connectivity index is 1.20. The Kier molecular flexibility index (Phi) is 5.01. The van der Waals surface area contributed by atoms with Gasteiger partial charge in [0.2, 0.25) is 0 Å². The Labute approximate surface area is 176 Å². The van der Waals surface area contributed by atoms with E-state index >= 15 is 0 Å². The molecule has 0 spiro atoms. The largest absolute Gasteiger partial charge is 0.482 e. The average Bonchev–Trinajstić information content (AvgIpc) is 2.77. The Morgan fingerprint density at radius 2 is 1.93 bits per heavy atom. The number of benzene rings is 2. The maximum Gasteiger partial charge on any atom is 0.262 e. The maximum absolute atomic E-state index is 11.4. The molecule has 0 saturated carbocycles. The van der Waals surface area contributed by atoms with Gasteiger partial charge in [0.1, 0.15) is 5.75 Å². The summed E-state index contributed by atoms with van der Waals surface area (Å²) in [7, 11) is 0. The first-order valence-electron chi connectivity index (χ1n) is 10.5. The summed E-state index contributed by atoms with van der Waals surface area (Å²) in [5.41, 5.74) is 5.42. The van der Waals surface area contributed by atoms with Gasteiger partial charge in [-0.2, -0.15) is 0 Å². The van der Waals surface area contributed by atoms with E-state index in [1.807, 2.05) is 13.0 Å². The number of hydrogen-bond donors (Lipinski definition) is 1. The van der Waals surface area contributed by atoms with Crippen molar-refractivity contribution in [2.45, 2.75) is 13.3 Å². The quantitative estimate of drug-likeness (QED) is 0.726. The van der Waals surface area contributed by atoms with Crippen LogP contribution in [0.5, 0.6) is 5.75 Å². The molecule has 0 bridgehead atoms. The van der Waals surface area contributed by atoms with Crippen LogP contribution in [0.4, 0.5) is 11.4 Å². The lowest BCUT2D eigenvalue weighted by molar-refractivity contribution is -0.118. The van der Waals surface area contributed by atoms with E-state index in [0.717, 1.165) is 61.8 Å². The topological polar surface area (TPSA) is 57.7 Å². The second-order valence-corrected chi connectivity index (χ2v) is 8.04. The molecule has 1 fully saturated rings. The van der Waals surface area contributed by atoms with Gasteiger partial charge in [0.15, 0.2) is 6.61 Å². The van der Waals surface area contributed by atoms with E-state index in [9.17, 15) is 4.79 Å². The van der Waals surface area contributed by atoms with E-state index in [2.05, 4.69) is 62.6 Å². The summed E-state index contributed by atoms with van der Waals surface area (Å²) in [5, 5.41) is 4.08. The zero-order valence-electron chi connectivity index (χ0n) is 17.2. The van der Waals surface area contributed by atoms with Gasteiger partial charge in [-0.15, -0.1) is 0 Å². The lowest BCUT2D eigenvalue weighted by Crippen LogP contribution is -2.47. The Hall–Kier alpha value is -3.12. The molecule has 30 heavy (non-hydrogen) atoms. The number of rotatable bonds is 4. The van der Waals surface area contributed by atoms with Gasteiger partial charge in [-0.1, -0.05) is 12.1 Å². The molecule has 2 aliphatic heterocycles. The third kappa shape index (κ3) is 3.83. The molecule has 1 aromatic heterocycles. The highest BCUT2D eigenvalue weighted by Gasteiger charge is 2.20. The first-order chi connectivity index (χ1) is 14.7. The number of carbonyl (C=O) groups excluding carboxylic acids is 1. The van der Waals surface area contributed by atoms with Gasteiger partial charge < -0.3 is 15.0 Å². The molecule has 0 unspecified atom stereocenters. The molecule has 6 heteroatoms. The summed E-state index contributed by atoms with van der Waals surface area (Å²) >= 11 is 0. The average molecular weight is 402 g/mol. The molecule has 1 N–H and O–H groups in total. The van der Waals surface area contributed by atoms with Crippen molar-refractivity contribution >= 4 is 28.2 Å². The number of nitrogens with zero attached hydrogens (tertiary/aromatic N) is 3. The Morgan fingerprint density at radius 1 is 1.07 bits per heavy atom. The number of hydrogen-bond acceptors (Lipinski definition) is 5. The van der Waals surface area contributed by atoms with Crippen molar-refractivity contribution in [1.29, 1.82) is 0 Å². The van der Waals surface area contributed by atoms with Gasteiger partial charge in [0, 0.05) is 49.5 Å². The number of aryl methyl sites for hydroxylation is 1. The van der Waals surface area contributed by atoms with Crippen LogP contribution < -0.4 is 15.0 Å². The van der Waals surface area contributed by atoms with Gasteiger partial charge in [-0.25, -0.2) is 0 Å². The number of nitrogens with one attached hydrogen (secondary N) is 1. The molecule has 154 valence electrons. The normalized spacial score (nSPS) is 16.8. The van der Waals surface area contributed by atoms with Crippen molar-refractivity contribution in [3.05, 3.63) is 59.8 Å². The van der Waals surface area contributed by atoms with Crippen LogP contribution in [0, 0.1) is 6.92 Å². The molecule has 1 saturated heterocycles. The molecular formula is C24H26N4O2. The number of aromatic nitrogens is 1. The van der Waals surface area contributed by atoms with Crippen LogP contribution in [0.3, 0.4) is 0 Å². The number of anilines is 2. The van der Waals surface area contributed by atoms with E-state index in [1.165, 1.54) is 16.6 Å². The van der Waals surface area contributed by atoms with Gasteiger partial charge >= 0.3 is 0 Å². The monoisotopic (exact) mass is 402 g/mol. The highest BCUT2D eigenvalue weighted by molar-refractivity contribution is 5.95. The highest BCUT2D eigenvalue weighted by atomic mass is 16.5. The van der Waals surface area contributed by atoms with Crippen LogP contribution >= 0.6 is 0 Å². The maximum atomic E-state index is 11.4. The summed E-state index contributed by atoms with van der Waals surface area (Å²) in [4.78, 5) is 21.1. The second kappa shape index (κ2) is 7.95.